The van der Waals surface area contributed by atoms with E-state index < -0.39 is 12.1 Å². The molecule has 0 aliphatic heterocycles. The number of ether oxygens (including phenoxy) is 3. The molecule has 1 aliphatic rings. The van der Waals surface area contributed by atoms with Gasteiger partial charge in [0.2, 0.25) is 0 Å². The van der Waals surface area contributed by atoms with Crippen molar-refractivity contribution >= 4 is 18.0 Å². The monoisotopic (exact) mass is 389 g/mol. The van der Waals surface area contributed by atoms with Crippen molar-refractivity contribution < 1.29 is 23.8 Å². The number of carbonyl (C=O) groups excluding carboxylic acids is 2. The first-order valence-electron chi connectivity index (χ1n) is 9.77. The van der Waals surface area contributed by atoms with E-state index >= 15 is 0 Å². The maximum absolute atomic E-state index is 12.4. The molecule has 0 unspecified atom stereocenters. The number of carbonyl (C=O) groups is 2. The minimum Gasteiger partial charge on any atom is -0.493 e. The van der Waals surface area contributed by atoms with Gasteiger partial charge in [0.25, 0.3) is 5.91 Å². The van der Waals surface area contributed by atoms with Gasteiger partial charge in [-0.2, -0.15) is 0 Å². The lowest BCUT2D eigenvalue weighted by Crippen LogP contribution is -2.47. The Kier molecular flexibility index (Phi) is 7.91. The van der Waals surface area contributed by atoms with E-state index in [4.69, 9.17) is 14.2 Å². The predicted octanol–water partition coefficient (Wildman–Crippen LogP) is 3.59. The molecule has 6 heteroatoms. The lowest BCUT2D eigenvalue weighted by molar-refractivity contribution is -0.150. The Labute approximate surface area is 167 Å². The Morgan fingerprint density at radius 3 is 2.61 bits per heavy atom. The van der Waals surface area contributed by atoms with Crippen LogP contribution < -0.4 is 14.8 Å². The second kappa shape index (κ2) is 10.2. The molecule has 1 fully saturated rings. The van der Waals surface area contributed by atoms with Gasteiger partial charge in [0, 0.05) is 17.7 Å². The number of benzene rings is 1. The van der Waals surface area contributed by atoms with Crippen molar-refractivity contribution in [1.29, 1.82) is 0 Å². The average molecular weight is 389 g/mol. The van der Waals surface area contributed by atoms with Crippen LogP contribution >= 0.6 is 0 Å². The zero-order valence-corrected chi connectivity index (χ0v) is 17.4. The van der Waals surface area contributed by atoms with Crippen LogP contribution in [0.5, 0.6) is 11.5 Å². The first-order valence-corrected chi connectivity index (χ1v) is 9.77. The third-order valence-corrected chi connectivity index (χ3v) is 5.53. The van der Waals surface area contributed by atoms with Crippen LogP contribution in [0, 0.1) is 11.8 Å². The highest BCUT2D eigenvalue weighted by atomic mass is 16.5. The molecule has 1 aromatic carbocycles. The van der Waals surface area contributed by atoms with Gasteiger partial charge in [0.05, 0.1) is 14.2 Å². The molecule has 0 heterocycles. The molecule has 0 saturated heterocycles. The first kappa shape index (κ1) is 21.8. The van der Waals surface area contributed by atoms with Crippen LogP contribution in [0.1, 0.15) is 45.6 Å². The molecule has 2 rings (SSSR count). The fraction of sp³-hybridized carbons (Fsp3) is 0.545. The van der Waals surface area contributed by atoms with Gasteiger partial charge in [0.1, 0.15) is 0 Å². The summed E-state index contributed by atoms with van der Waals surface area (Å²) in [4.78, 5) is 24.5. The van der Waals surface area contributed by atoms with E-state index in [0.717, 1.165) is 12.8 Å². The first-order chi connectivity index (χ1) is 13.4. The van der Waals surface area contributed by atoms with Crippen LogP contribution in [0.2, 0.25) is 0 Å². The minimum absolute atomic E-state index is 0.133. The van der Waals surface area contributed by atoms with Crippen molar-refractivity contribution in [1.82, 2.24) is 5.32 Å². The Morgan fingerprint density at radius 2 is 1.93 bits per heavy atom. The van der Waals surface area contributed by atoms with Crippen LogP contribution in [-0.2, 0) is 14.3 Å². The molecular weight excluding hydrogens is 358 g/mol. The number of esters is 1. The highest BCUT2D eigenvalue weighted by molar-refractivity contribution is 5.91. The van der Waals surface area contributed by atoms with Gasteiger partial charge in [-0.25, -0.2) is 4.79 Å². The van der Waals surface area contributed by atoms with Gasteiger partial charge in [0.15, 0.2) is 17.6 Å². The summed E-state index contributed by atoms with van der Waals surface area (Å²) in [6.07, 6.45) is 5.28. The second-order valence-corrected chi connectivity index (χ2v) is 7.38. The highest BCUT2D eigenvalue weighted by Gasteiger charge is 2.29. The standard InChI is InChI=1S/C22H31NO5/c1-14-8-6-10-18(15(14)2)23-22(25)16(3)28-20(24)13-12-17-9-7-11-19(26-4)21(17)27-5/h7,9,11-16,18H,6,8,10H2,1-5H3,(H,23,25)/b13-12+/t14-,15+,16+,18-/m0/s1. The van der Waals surface area contributed by atoms with Crippen LogP contribution in [0.3, 0.4) is 0 Å². The predicted molar refractivity (Wildman–Crippen MR) is 108 cm³/mol. The van der Waals surface area contributed by atoms with Crippen molar-refractivity contribution in [3.8, 4) is 11.5 Å². The minimum atomic E-state index is -0.853. The van der Waals surface area contributed by atoms with Crippen LogP contribution in [0.25, 0.3) is 6.08 Å². The van der Waals surface area contributed by atoms with Gasteiger partial charge in [-0.3, -0.25) is 4.79 Å². The summed E-state index contributed by atoms with van der Waals surface area (Å²) < 4.78 is 15.8. The Bertz CT molecular complexity index is 715. The third kappa shape index (κ3) is 5.50. The molecule has 1 amide bonds. The number of para-hydroxylation sites is 1. The average Bonchev–Trinajstić information content (AvgIpc) is 2.69. The molecular formula is C22H31NO5. The molecule has 6 nitrogen and oxygen atoms in total. The van der Waals surface area contributed by atoms with Crippen LogP contribution in [0.4, 0.5) is 0 Å². The van der Waals surface area contributed by atoms with E-state index in [1.165, 1.54) is 19.6 Å². The van der Waals surface area contributed by atoms with Crippen LogP contribution in [-0.4, -0.2) is 38.2 Å². The molecule has 154 valence electrons. The van der Waals surface area contributed by atoms with Gasteiger partial charge in [-0.15, -0.1) is 0 Å². The van der Waals surface area contributed by atoms with Crippen LogP contribution in [0.15, 0.2) is 24.3 Å². The zero-order chi connectivity index (χ0) is 20.7. The molecule has 0 aromatic heterocycles. The van der Waals surface area contributed by atoms with Crippen molar-refractivity contribution in [2.45, 2.75) is 52.2 Å². The summed E-state index contributed by atoms with van der Waals surface area (Å²) in [5.41, 5.74) is 0.681. The number of amides is 1. The molecule has 1 saturated carbocycles. The molecule has 1 aliphatic carbocycles. The second-order valence-electron chi connectivity index (χ2n) is 7.38. The summed E-state index contributed by atoms with van der Waals surface area (Å²) in [5, 5.41) is 3.03. The maximum atomic E-state index is 12.4. The quantitative estimate of drug-likeness (QED) is 0.570. The smallest absolute Gasteiger partial charge is 0.331 e. The van der Waals surface area contributed by atoms with Crippen molar-refractivity contribution in [3.05, 3.63) is 29.8 Å². The number of hydrogen-bond donors (Lipinski definition) is 1. The topological polar surface area (TPSA) is 73.9 Å². The summed E-state index contributed by atoms with van der Waals surface area (Å²) >= 11 is 0. The Morgan fingerprint density at radius 1 is 1.18 bits per heavy atom. The van der Waals surface area contributed by atoms with Gasteiger partial charge >= 0.3 is 5.97 Å². The molecule has 1 aromatic rings. The van der Waals surface area contributed by atoms with Gasteiger partial charge < -0.3 is 19.5 Å². The highest BCUT2D eigenvalue weighted by Crippen LogP contribution is 2.31. The van der Waals surface area contributed by atoms with E-state index in [0.29, 0.717) is 28.9 Å². The van der Waals surface area contributed by atoms with E-state index in [1.807, 2.05) is 0 Å². The number of rotatable bonds is 7. The third-order valence-electron chi connectivity index (χ3n) is 5.53. The molecule has 4 atom stereocenters. The van der Waals surface area contributed by atoms with E-state index in [9.17, 15) is 9.59 Å². The number of hydrogen-bond acceptors (Lipinski definition) is 5. The van der Waals surface area contributed by atoms with Crippen molar-refractivity contribution in [3.63, 3.8) is 0 Å². The van der Waals surface area contributed by atoms with Gasteiger partial charge in [-0.1, -0.05) is 38.8 Å². The largest absolute Gasteiger partial charge is 0.493 e. The summed E-state index contributed by atoms with van der Waals surface area (Å²) in [6, 6.07) is 5.50. The maximum Gasteiger partial charge on any atom is 0.331 e. The number of methoxy groups -OCH3 is 2. The lowest BCUT2D eigenvalue weighted by Gasteiger charge is -2.35. The van der Waals surface area contributed by atoms with E-state index in [-0.39, 0.29) is 11.9 Å². The Balaban J connectivity index is 1.93. The summed E-state index contributed by atoms with van der Waals surface area (Å²) in [6.45, 7) is 5.96. The van der Waals surface area contributed by atoms with Crippen molar-refractivity contribution in [2.24, 2.45) is 11.8 Å². The molecule has 0 spiro atoms. The summed E-state index contributed by atoms with van der Waals surface area (Å²) in [7, 11) is 3.08. The zero-order valence-electron chi connectivity index (χ0n) is 17.4. The summed E-state index contributed by atoms with van der Waals surface area (Å²) in [5.74, 6) is 1.25. The normalized spacial score (nSPS) is 23.1. The fourth-order valence-electron chi connectivity index (χ4n) is 3.55. The SMILES string of the molecule is COc1cccc(/C=C/C(=O)O[C@H](C)C(=O)N[C@H]2CCC[C@H](C)[C@H]2C)c1OC. The van der Waals surface area contributed by atoms with Crippen molar-refractivity contribution in [2.75, 3.05) is 14.2 Å². The fourth-order valence-corrected chi connectivity index (χ4v) is 3.55. The number of nitrogens with one attached hydrogen (secondary N) is 1. The van der Waals surface area contributed by atoms with E-state index in [1.54, 1.807) is 38.3 Å². The molecule has 28 heavy (non-hydrogen) atoms. The molecule has 1 N–H and O–H groups in total. The Hall–Kier alpha value is -2.50. The lowest BCUT2D eigenvalue weighted by atomic mass is 9.78. The van der Waals surface area contributed by atoms with E-state index in [2.05, 4.69) is 19.2 Å². The molecule has 0 bridgehead atoms. The van der Waals surface area contributed by atoms with Gasteiger partial charge in [-0.05, 0) is 37.3 Å². The molecule has 0 radical (unpaired) electrons.